The summed E-state index contributed by atoms with van der Waals surface area (Å²) in [5, 5.41) is 25.3. The molecule has 1 heterocycles. The maximum Gasteiger partial charge on any atom is 0.267 e. The predicted octanol–water partition coefficient (Wildman–Crippen LogP) is 3.86. The van der Waals surface area contributed by atoms with E-state index in [9.17, 15) is 10.1 Å². The lowest BCUT2D eigenvalue weighted by Gasteiger charge is -2.11. The number of hydrogen-bond acceptors (Lipinski definition) is 5. The number of aromatic nitrogens is 2. The van der Waals surface area contributed by atoms with Crippen molar-refractivity contribution in [1.82, 2.24) is 10.2 Å². The second kappa shape index (κ2) is 7.74. The molecule has 7 heteroatoms. The first-order chi connectivity index (χ1) is 13.0. The van der Waals surface area contributed by atoms with Crippen LogP contribution in [0.3, 0.4) is 0 Å². The van der Waals surface area contributed by atoms with E-state index in [-0.39, 0.29) is 22.4 Å². The minimum Gasteiger partial charge on any atom is -0.454 e. The number of nitrogens with one attached hydrogen (secondary N) is 1. The fourth-order valence-corrected chi connectivity index (χ4v) is 2.69. The Bertz CT molecular complexity index is 1160. The molecule has 132 valence electrons. The van der Waals surface area contributed by atoms with Crippen molar-refractivity contribution in [3.05, 3.63) is 85.8 Å². The van der Waals surface area contributed by atoms with Crippen molar-refractivity contribution < 1.29 is 4.74 Å². The minimum atomic E-state index is -0.222. The fourth-order valence-electron chi connectivity index (χ4n) is 2.54. The largest absolute Gasteiger partial charge is 0.454 e. The summed E-state index contributed by atoms with van der Waals surface area (Å²) in [6.45, 7) is 1.71. The third-order valence-electron chi connectivity index (χ3n) is 3.90. The number of aryl methyl sites for hydroxylation is 1. The SMILES string of the molecule is Cc1cc(Cc2ccc(Cl)c(Oc3cccc(C#N)c3C#N)c2)n[nH]c1=O. The summed E-state index contributed by atoms with van der Waals surface area (Å²) in [5.41, 5.74) is 2.31. The molecule has 3 rings (SSSR count). The molecule has 0 amide bonds. The zero-order valence-corrected chi connectivity index (χ0v) is 15.0. The van der Waals surface area contributed by atoms with Gasteiger partial charge >= 0.3 is 0 Å². The molecule has 0 radical (unpaired) electrons. The van der Waals surface area contributed by atoms with E-state index in [4.69, 9.17) is 21.6 Å². The van der Waals surface area contributed by atoms with Crippen molar-refractivity contribution in [1.29, 1.82) is 10.5 Å². The summed E-state index contributed by atoms with van der Waals surface area (Å²) in [6.07, 6.45) is 0.467. The van der Waals surface area contributed by atoms with E-state index >= 15 is 0 Å². The number of rotatable bonds is 4. The van der Waals surface area contributed by atoms with Crippen LogP contribution in [0.5, 0.6) is 11.5 Å². The molecule has 0 aliphatic carbocycles. The molecule has 0 aliphatic rings. The van der Waals surface area contributed by atoms with Gasteiger partial charge in [0.15, 0.2) is 0 Å². The number of H-pyrrole nitrogens is 1. The Labute approximate surface area is 160 Å². The van der Waals surface area contributed by atoms with E-state index in [0.29, 0.717) is 28.5 Å². The predicted molar refractivity (Wildman–Crippen MR) is 99.8 cm³/mol. The summed E-state index contributed by atoms with van der Waals surface area (Å²) < 4.78 is 5.81. The highest BCUT2D eigenvalue weighted by molar-refractivity contribution is 6.32. The smallest absolute Gasteiger partial charge is 0.267 e. The summed E-state index contributed by atoms with van der Waals surface area (Å²) in [5.74, 6) is 0.621. The Morgan fingerprint density at radius 3 is 2.67 bits per heavy atom. The number of nitrogens with zero attached hydrogens (tertiary/aromatic N) is 3. The van der Waals surface area contributed by atoms with Crippen LogP contribution in [0.15, 0.2) is 47.3 Å². The van der Waals surface area contributed by atoms with Gasteiger partial charge < -0.3 is 4.74 Å². The van der Waals surface area contributed by atoms with E-state index in [1.54, 1.807) is 43.3 Å². The van der Waals surface area contributed by atoms with Crippen LogP contribution in [0.25, 0.3) is 0 Å². The van der Waals surface area contributed by atoms with Crippen LogP contribution in [0.1, 0.15) is 27.9 Å². The maximum absolute atomic E-state index is 11.4. The summed E-state index contributed by atoms with van der Waals surface area (Å²) in [6, 6.07) is 15.7. The van der Waals surface area contributed by atoms with Gasteiger partial charge in [-0.25, -0.2) is 5.10 Å². The van der Waals surface area contributed by atoms with E-state index < -0.39 is 0 Å². The van der Waals surface area contributed by atoms with Crippen LogP contribution in [0.2, 0.25) is 5.02 Å². The first-order valence-electron chi connectivity index (χ1n) is 7.96. The normalized spacial score (nSPS) is 10.1. The average molecular weight is 377 g/mol. The van der Waals surface area contributed by atoms with Crippen LogP contribution in [0.4, 0.5) is 0 Å². The molecule has 1 aromatic heterocycles. The van der Waals surface area contributed by atoms with Crippen LogP contribution in [-0.4, -0.2) is 10.2 Å². The molecule has 3 aromatic rings. The summed E-state index contributed by atoms with van der Waals surface area (Å²) in [4.78, 5) is 11.4. The van der Waals surface area contributed by atoms with Crippen LogP contribution in [0, 0.1) is 29.6 Å². The average Bonchev–Trinajstić information content (AvgIpc) is 2.67. The highest BCUT2D eigenvalue weighted by atomic mass is 35.5. The molecule has 0 atom stereocenters. The third-order valence-corrected chi connectivity index (χ3v) is 4.21. The van der Waals surface area contributed by atoms with Gasteiger partial charge in [0.2, 0.25) is 0 Å². The van der Waals surface area contributed by atoms with Gasteiger partial charge in [0.25, 0.3) is 5.56 Å². The zero-order valence-electron chi connectivity index (χ0n) is 14.3. The van der Waals surface area contributed by atoms with E-state index in [2.05, 4.69) is 10.2 Å². The van der Waals surface area contributed by atoms with E-state index in [1.807, 2.05) is 18.2 Å². The molecular weight excluding hydrogens is 364 g/mol. The third kappa shape index (κ3) is 3.98. The van der Waals surface area contributed by atoms with Gasteiger partial charge in [0, 0.05) is 12.0 Å². The topological polar surface area (TPSA) is 103 Å². The number of aromatic amines is 1. The van der Waals surface area contributed by atoms with Crippen LogP contribution >= 0.6 is 11.6 Å². The Kier molecular flexibility index (Phi) is 5.21. The van der Waals surface area contributed by atoms with E-state index in [1.165, 1.54) is 0 Å². The summed E-state index contributed by atoms with van der Waals surface area (Å²) >= 11 is 6.23. The molecule has 6 nitrogen and oxygen atoms in total. The molecule has 0 saturated heterocycles. The standard InChI is InChI=1S/C20H13ClN4O2/c1-12-7-15(24-25-20(12)26)8-13-5-6-17(21)19(9-13)27-18-4-2-3-14(10-22)16(18)11-23/h2-7,9H,8H2,1H3,(H,25,26). The number of hydrogen-bond donors (Lipinski definition) is 1. The quantitative estimate of drug-likeness (QED) is 0.744. The Morgan fingerprint density at radius 2 is 1.96 bits per heavy atom. The molecule has 0 aliphatic heterocycles. The molecule has 0 fully saturated rings. The van der Waals surface area contributed by atoms with Crippen molar-refractivity contribution in [3.8, 4) is 23.6 Å². The number of nitriles is 2. The first-order valence-corrected chi connectivity index (χ1v) is 8.34. The van der Waals surface area contributed by atoms with Crippen molar-refractivity contribution in [2.24, 2.45) is 0 Å². The molecule has 27 heavy (non-hydrogen) atoms. The Balaban J connectivity index is 1.93. The molecule has 0 unspecified atom stereocenters. The van der Waals surface area contributed by atoms with Gasteiger partial charge in [0.1, 0.15) is 29.2 Å². The van der Waals surface area contributed by atoms with E-state index in [0.717, 1.165) is 5.56 Å². The number of halogens is 1. The second-order valence-corrected chi connectivity index (χ2v) is 6.22. The molecular formula is C20H13ClN4O2. The van der Waals surface area contributed by atoms with Gasteiger partial charge in [-0.15, -0.1) is 0 Å². The second-order valence-electron chi connectivity index (χ2n) is 5.82. The van der Waals surface area contributed by atoms with Crippen LogP contribution < -0.4 is 10.3 Å². The van der Waals surface area contributed by atoms with Gasteiger partial charge in [-0.1, -0.05) is 23.7 Å². The lowest BCUT2D eigenvalue weighted by Crippen LogP contribution is -2.12. The van der Waals surface area contributed by atoms with Crippen LogP contribution in [-0.2, 0) is 6.42 Å². The van der Waals surface area contributed by atoms with Gasteiger partial charge in [0.05, 0.1) is 16.3 Å². The van der Waals surface area contributed by atoms with Gasteiger partial charge in [-0.3, -0.25) is 4.79 Å². The number of ether oxygens (including phenoxy) is 1. The molecule has 2 aromatic carbocycles. The van der Waals surface area contributed by atoms with Crippen molar-refractivity contribution in [3.63, 3.8) is 0 Å². The fraction of sp³-hybridized carbons (Fsp3) is 0.100. The van der Waals surface area contributed by atoms with Crippen molar-refractivity contribution in [2.75, 3.05) is 0 Å². The monoisotopic (exact) mass is 376 g/mol. The summed E-state index contributed by atoms with van der Waals surface area (Å²) in [7, 11) is 0. The van der Waals surface area contributed by atoms with Gasteiger partial charge in [-0.05, 0) is 42.8 Å². The number of benzene rings is 2. The first kappa shape index (κ1) is 18.2. The minimum absolute atomic E-state index is 0.152. The highest BCUT2D eigenvalue weighted by Crippen LogP contribution is 2.33. The molecule has 0 bridgehead atoms. The lowest BCUT2D eigenvalue weighted by atomic mass is 10.1. The highest BCUT2D eigenvalue weighted by Gasteiger charge is 2.12. The Hall–Kier alpha value is -3.61. The Morgan fingerprint density at radius 1 is 1.15 bits per heavy atom. The maximum atomic E-state index is 11.4. The van der Waals surface area contributed by atoms with Gasteiger partial charge in [-0.2, -0.15) is 15.6 Å². The zero-order chi connectivity index (χ0) is 19.4. The molecule has 0 saturated carbocycles. The van der Waals surface area contributed by atoms with Crippen molar-refractivity contribution in [2.45, 2.75) is 13.3 Å². The lowest BCUT2D eigenvalue weighted by molar-refractivity contribution is 0.480. The molecule has 0 spiro atoms. The van der Waals surface area contributed by atoms with Crippen molar-refractivity contribution >= 4 is 11.6 Å². The molecule has 1 N–H and O–H groups in total.